The monoisotopic (exact) mass is 401 g/mol. The van der Waals surface area contributed by atoms with Crippen molar-refractivity contribution in [2.24, 2.45) is 11.8 Å². The molecule has 0 aliphatic carbocycles. The van der Waals surface area contributed by atoms with Gasteiger partial charge < -0.3 is 20.7 Å². The highest BCUT2D eigenvalue weighted by Crippen LogP contribution is 2.29. The van der Waals surface area contributed by atoms with Gasteiger partial charge in [-0.3, -0.25) is 4.79 Å². The number of aromatic nitrogens is 2. The number of hydrogen-bond donors (Lipinski definition) is 3. The number of anilines is 2. The number of rotatable bonds is 6. The van der Waals surface area contributed by atoms with Crippen LogP contribution in [0.1, 0.15) is 12.8 Å². The predicted octanol–water partition coefficient (Wildman–Crippen LogP) is 2.79. The standard InChI is InChI=1S/C20H24ClN5O2/c21-16-12-24-19(26-20(27)14-10-22-11-14)8-15(16)17-2-1-3-18(25-17)23-9-13-4-6-28-7-5-13/h1-3,8,12-14,22H,4-7,9-11H2,(H,23,25)(H,24,26,27). The van der Waals surface area contributed by atoms with Crippen molar-refractivity contribution >= 4 is 29.1 Å². The minimum Gasteiger partial charge on any atom is -0.381 e. The lowest BCUT2D eigenvalue weighted by molar-refractivity contribution is -0.121. The van der Waals surface area contributed by atoms with Crippen molar-refractivity contribution in [3.8, 4) is 11.3 Å². The van der Waals surface area contributed by atoms with E-state index < -0.39 is 0 Å². The van der Waals surface area contributed by atoms with Gasteiger partial charge in [0.25, 0.3) is 0 Å². The van der Waals surface area contributed by atoms with Gasteiger partial charge in [0.1, 0.15) is 11.6 Å². The molecule has 0 aromatic carbocycles. The second-order valence-electron chi connectivity index (χ2n) is 7.24. The second kappa shape index (κ2) is 8.86. The van der Waals surface area contributed by atoms with Gasteiger partial charge in [-0.2, -0.15) is 0 Å². The summed E-state index contributed by atoms with van der Waals surface area (Å²) in [5, 5.41) is 9.87. The molecule has 2 aliphatic rings. The van der Waals surface area contributed by atoms with Gasteiger partial charge >= 0.3 is 0 Å². The zero-order valence-electron chi connectivity index (χ0n) is 15.6. The molecule has 4 heterocycles. The first-order valence-electron chi connectivity index (χ1n) is 9.65. The highest BCUT2D eigenvalue weighted by atomic mass is 35.5. The van der Waals surface area contributed by atoms with Crippen molar-refractivity contribution in [3.05, 3.63) is 35.5 Å². The Bertz CT molecular complexity index is 837. The number of amides is 1. The van der Waals surface area contributed by atoms with Gasteiger partial charge in [-0.1, -0.05) is 17.7 Å². The summed E-state index contributed by atoms with van der Waals surface area (Å²) in [6.45, 7) is 3.94. The van der Waals surface area contributed by atoms with Crippen molar-refractivity contribution in [2.45, 2.75) is 12.8 Å². The van der Waals surface area contributed by atoms with Crippen LogP contribution in [-0.4, -0.2) is 48.7 Å². The summed E-state index contributed by atoms with van der Waals surface area (Å²) in [6.07, 6.45) is 3.69. The van der Waals surface area contributed by atoms with E-state index in [9.17, 15) is 4.79 Å². The van der Waals surface area contributed by atoms with Gasteiger partial charge in [-0.05, 0) is 37.0 Å². The van der Waals surface area contributed by atoms with Crippen LogP contribution in [-0.2, 0) is 9.53 Å². The molecule has 1 amide bonds. The second-order valence-corrected chi connectivity index (χ2v) is 7.65. The van der Waals surface area contributed by atoms with Crippen molar-refractivity contribution in [2.75, 3.05) is 43.5 Å². The van der Waals surface area contributed by atoms with Crippen LogP contribution in [0.4, 0.5) is 11.6 Å². The lowest BCUT2D eigenvalue weighted by Gasteiger charge is -2.25. The minimum atomic E-state index is -0.0284. The number of carbonyl (C=O) groups excluding carboxylic acids is 1. The average molecular weight is 402 g/mol. The number of pyridine rings is 2. The Balaban J connectivity index is 1.46. The maximum atomic E-state index is 12.2. The highest BCUT2D eigenvalue weighted by molar-refractivity contribution is 6.33. The molecule has 4 rings (SSSR count). The van der Waals surface area contributed by atoms with Crippen molar-refractivity contribution in [3.63, 3.8) is 0 Å². The normalized spacial score (nSPS) is 17.8. The molecule has 7 nitrogen and oxygen atoms in total. The van der Waals surface area contributed by atoms with Crippen LogP contribution in [0.15, 0.2) is 30.5 Å². The maximum Gasteiger partial charge on any atom is 0.231 e. The number of halogens is 1. The molecule has 0 radical (unpaired) electrons. The number of hydrogen-bond acceptors (Lipinski definition) is 6. The fraction of sp³-hybridized carbons (Fsp3) is 0.450. The number of nitrogens with zero attached hydrogens (tertiary/aromatic N) is 2. The minimum absolute atomic E-state index is 0.00299. The van der Waals surface area contributed by atoms with E-state index in [1.807, 2.05) is 18.2 Å². The third-order valence-electron chi connectivity index (χ3n) is 5.20. The van der Waals surface area contributed by atoms with Crippen molar-refractivity contribution < 1.29 is 9.53 Å². The Hall–Kier alpha value is -2.22. The number of carbonyl (C=O) groups is 1. The van der Waals surface area contributed by atoms with Gasteiger partial charge in [-0.15, -0.1) is 0 Å². The summed E-state index contributed by atoms with van der Waals surface area (Å²) < 4.78 is 5.41. The Kier molecular flexibility index (Phi) is 6.04. The molecule has 0 bridgehead atoms. The van der Waals surface area contributed by atoms with Crippen LogP contribution in [0.25, 0.3) is 11.3 Å². The van der Waals surface area contributed by atoms with Gasteiger partial charge in [0.2, 0.25) is 5.91 Å². The third kappa shape index (κ3) is 4.60. The van der Waals surface area contributed by atoms with Crippen LogP contribution >= 0.6 is 11.6 Å². The molecule has 0 saturated carbocycles. The van der Waals surface area contributed by atoms with Gasteiger partial charge in [0.15, 0.2) is 0 Å². The molecular formula is C20H24ClN5O2. The molecule has 0 unspecified atom stereocenters. The molecule has 8 heteroatoms. The van der Waals surface area contributed by atoms with Gasteiger partial charge in [0.05, 0.1) is 16.6 Å². The van der Waals surface area contributed by atoms with Crippen LogP contribution in [0.2, 0.25) is 5.02 Å². The smallest absolute Gasteiger partial charge is 0.231 e. The summed E-state index contributed by atoms with van der Waals surface area (Å²) in [4.78, 5) is 21.1. The largest absolute Gasteiger partial charge is 0.381 e. The summed E-state index contributed by atoms with van der Waals surface area (Å²) in [7, 11) is 0. The zero-order chi connectivity index (χ0) is 19.3. The molecule has 2 aliphatic heterocycles. The first-order chi connectivity index (χ1) is 13.7. The average Bonchev–Trinajstić information content (AvgIpc) is 2.67. The fourth-order valence-corrected chi connectivity index (χ4v) is 3.49. The van der Waals surface area contributed by atoms with Crippen LogP contribution < -0.4 is 16.0 Å². The summed E-state index contributed by atoms with van der Waals surface area (Å²) in [5.41, 5.74) is 1.48. The van der Waals surface area contributed by atoms with E-state index in [1.54, 1.807) is 12.3 Å². The predicted molar refractivity (Wildman–Crippen MR) is 110 cm³/mol. The van der Waals surface area contributed by atoms with E-state index >= 15 is 0 Å². The van der Waals surface area contributed by atoms with E-state index in [1.165, 1.54) is 0 Å². The molecule has 3 N–H and O–H groups in total. The molecule has 2 fully saturated rings. The molecule has 28 heavy (non-hydrogen) atoms. The molecule has 2 aromatic rings. The van der Waals surface area contributed by atoms with E-state index in [0.29, 0.717) is 29.8 Å². The third-order valence-corrected chi connectivity index (χ3v) is 5.50. The van der Waals surface area contributed by atoms with Gasteiger partial charge in [0, 0.05) is 44.6 Å². The molecule has 2 aromatic heterocycles. The Morgan fingerprint density at radius 3 is 2.82 bits per heavy atom. The van der Waals surface area contributed by atoms with Gasteiger partial charge in [-0.25, -0.2) is 9.97 Å². The first-order valence-corrected chi connectivity index (χ1v) is 10.0. The Morgan fingerprint density at radius 1 is 1.25 bits per heavy atom. The van der Waals surface area contributed by atoms with Crippen LogP contribution in [0.3, 0.4) is 0 Å². The maximum absolute atomic E-state index is 12.2. The Labute approximate surface area is 169 Å². The Morgan fingerprint density at radius 2 is 2.07 bits per heavy atom. The SMILES string of the molecule is O=C(Nc1cc(-c2cccc(NCC3CCOCC3)n2)c(Cl)cn1)C1CNC1. The highest BCUT2D eigenvalue weighted by Gasteiger charge is 2.25. The molecular weight excluding hydrogens is 378 g/mol. The van der Waals surface area contributed by atoms with Crippen molar-refractivity contribution in [1.82, 2.24) is 15.3 Å². The molecule has 0 spiro atoms. The first kappa shape index (κ1) is 19.1. The summed E-state index contributed by atoms with van der Waals surface area (Å²) in [6, 6.07) is 7.58. The number of ether oxygens (including phenoxy) is 1. The molecule has 148 valence electrons. The summed E-state index contributed by atoms with van der Waals surface area (Å²) >= 11 is 6.36. The van der Waals surface area contributed by atoms with E-state index in [-0.39, 0.29) is 11.8 Å². The number of nitrogens with one attached hydrogen (secondary N) is 3. The van der Waals surface area contributed by atoms with Crippen molar-refractivity contribution in [1.29, 1.82) is 0 Å². The van der Waals surface area contributed by atoms with E-state index in [0.717, 1.165) is 49.7 Å². The topological polar surface area (TPSA) is 88.2 Å². The fourth-order valence-electron chi connectivity index (χ4n) is 3.29. The van der Waals surface area contributed by atoms with E-state index in [2.05, 4.69) is 20.9 Å². The quantitative estimate of drug-likeness (QED) is 0.689. The van der Waals surface area contributed by atoms with Crippen LogP contribution in [0, 0.1) is 11.8 Å². The van der Waals surface area contributed by atoms with Crippen LogP contribution in [0.5, 0.6) is 0 Å². The lowest BCUT2D eigenvalue weighted by atomic mass is 10.0. The lowest BCUT2D eigenvalue weighted by Crippen LogP contribution is -2.48. The summed E-state index contributed by atoms with van der Waals surface area (Å²) in [5.74, 6) is 1.87. The molecule has 0 atom stereocenters. The zero-order valence-corrected chi connectivity index (χ0v) is 16.3. The van der Waals surface area contributed by atoms with E-state index in [4.69, 9.17) is 21.3 Å². The molecule has 2 saturated heterocycles.